The molecule has 76 valence electrons. The zero-order valence-corrected chi connectivity index (χ0v) is 8.53. The number of halogens is 1. The lowest BCUT2D eigenvalue weighted by atomic mass is 10.3. The van der Waals surface area contributed by atoms with Gasteiger partial charge in [0.15, 0.2) is 5.11 Å². The van der Waals surface area contributed by atoms with Crippen LogP contribution >= 0.6 is 12.2 Å². The van der Waals surface area contributed by atoms with Crippen LogP contribution in [-0.2, 0) is 4.84 Å². The Labute approximate surface area is 87.2 Å². The van der Waals surface area contributed by atoms with E-state index in [9.17, 15) is 4.39 Å². The topological polar surface area (TPSA) is 33.3 Å². The highest BCUT2D eigenvalue weighted by Crippen LogP contribution is 2.07. The monoisotopic (exact) mass is 214 g/mol. The Morgan fingerprint density at radius 2 is 2.07 bits per heavy atom. The number of anilines is 1. The van der Waals surface area contributed by atoms with E-state index < -0.39 is 0 Å². The number of hydroxylamine groups is 1. The maximum absolute atomic E-state index is 12.5. The Hall–Kier alpha value is -1.20. The fourth-order valence-corrected chi connectivity index (χ4v) is 1.00. The van der Waals surface area contributed by atoms with E-state index in [1.807, 2.05) is 6.92 Å². The molecular weight excluding hydrogens is 203 g/mol. The van der Waals surface area contributed by atoms with Crippen molar-refractivity contribution in [2.24, 2.45) is 0 Å². The van der Waals surface area contributed by atoms with Gasteiger partial charge in [-0.15, -0.1) is 0 Å². The Morgan fingerprint density at radius 1 is 1.43 bits per heavy atom. The van der Waals surface area contributed by atoms with E-state index >= 15 is 0 Å². The van der Waals surface area contributed by atoms with Crippen LogP contribution in [0.2, 0.25) is 0 Å². The van der Waals surface area contributed by atoms with Crippen molar-refractivity contribution in [1.82, 2.24) is 5.48 Å². The minimum atomic E-state index is -0.278. The van der Waals surface area contributed by atoms with Gasteiger partial charge in [-0.05, 0) is 43.4 Å². The molecule has 0 aliphatic heterocycles. The van der Waals surface area contributed by atoms with E-state index in [-0.39, 0.29) is 5.82 Å². The van der Waals surface area contributed by atoms with Gasteiger partial charge in [-0.2, -0.15) is 0 Å². The van der Waals surface area contributed by atoms with Crippen LogP contribution in [0.25, 0.3) is 0 Å². The van der Waals surface area contributed by atoms with Gasteiger partial charge < -0.3 is 5.32 Å². The predicted molar refractivity (Wildman–Crippen MR) is 57.4 cm³/mol. The van der Waals surface area contributed by atoms with Gasteiger partial charge in [-0.3, -0.25) is 4.84 Å². The molecule has 0 saturated heterocycles. The zero-order valence-electron chi connectivity index (χ0n) is 7.71. The molecular formula is C9H11FN2OS. The lowest BCUT2D eigenvalue weighted by molar-refractivity contribution is 0.0986. The number of rotatable bonds is 3. The average Bonchev–Trinajstić information content (AvgIpc) is 2.18. The molecule has 0 aromatic heterocycles. The summed E-state index contributed by atoms with van der Waals surface area (Å²) in [7, 11) is 0. The van der Waals surface area contributed by atoms with E-state index in [1.54, 1.807) is 12.1 Å². The van der Waals surface area contributed by atoms with Crippen molar-refractivity contribution >= 4 is 23.0 Å². The minimum Gasteiger partial charge on any atom is -0.331 e. The third-order valence-electron chi connectivity index (χ3n) is 1.41. The maximum atomic E-state index is 12.5. The first-order valence-corrected chi connectivity index (χ1v) is 4.57. The lowest BCUT2D eigenvalue weighted by Crippen LogP contribution is -2.28. The first-order valence-electron chi connectivity index (χ1n) is 4.16. The molecule has 0 aliphatic carbocycles. The first-order chi connectivity index (χ1) is 6.72. The zero-order chi connectivity index (χ0) is 10.4. The highest BCUT2D eigenvalue weighted by atomic mass is 32.1. The molecule has 0 radical (unpaired) electrons. The number of thiocarbonyl (C=S) groups is 1. The van der Waals surface area contributed by atoms with Crippen LogP contribution < -0.4 is 10.8 Å². The number of hydrogen-bond donors (Lipinski definition) is 2. The molecule has 1 aromatic rings. The molecule has 0 fully saturated rings. The number of benzene rings is 1. The summed E-state index contributed by atoms with van der Waals surface area (Å²) in [5, 5.41) is 3.18. The van der Waals surface area contributed by atoms with Gasteiger partial charge in [-0.25, -0.2) is 9.87 Å². The lowest BCUT2D eigenvalue weighted by Gasteiger charge is -2.08. The average molecular weight is 214 g/mol. The molecule has 14 heavy (non-hydrogen) atoms. The molecule has 1 rings (SSSR count). The molecule has 0 spiro atoms. The quantitative estimate of drug-likeness (QED) is 0.596. The molecule has 3 nitrogen and oxygen atoms in total. The maximum Gasteiger partial charge on any atom is 0.195 e. The molecule has 0 amide bonds. The van der Waals surface area contributed by atoms with Gasteiger partial charge in [0, 0.05) is 5.69 Å². The fraction of sp³-hybridized carbons (Fsp3) is 0.222. The largest absolute Gasteiger partial charge is 0.331 e. The minimum absolute atomic E-state index is 0.278. The summed E-state index contributed by atoms with van der Waals surface area (Å²) in [5.74, 6) is -0.278. The Bertz CT molecular complexity index is 302. The van der Waals surface area contributed by atoms with Gasteiger partial charge >= 0.3 is 0 Å². The van der Waals surface area contributed by atoms with Crippen molar-refractivity contribution in [2.45, 2.75) is 6.92 Å². The summed E-state index contributed by atoms with van der Waals surface area (Å²) in [5.41, 5.74) is 3.23. The van der Waals surface area contributed by atoms with E-state index in [0.29, 0.717) is 17.4 Å². The summed E-state index contributed by atoms with van der Waals surface area (Å²) >= 11 is 4.89. The number of nitrogens with one attached hydrogen (secondary N) is 2. The smallest absolute Gasteiger partial charge is 0.195 e. The number of hydrogen-bond acceptors (Lipinski definition) is 2. The standard InChI is InChI=1S/C9H11FN2OS/c1-2-13-12-9(14)11-8-5-3-7(10)4-6-8/h3-6H,2H2,1H3,(H2,11,12,14). The van der Waals surface area contributed by atoms with Gasteiger partial charge in [0.05, 0.1) is 6.61 Å². The molecule has 2 N–H and O–H groups in total. The summed E-state index contributed by atoms with van der Waals surface area (Å²) in [6, 6.07) is 5.89. The fourth-order valence-electron chi connectivity index (χ4n) is 0.828. The van der Waals surface area contributed by atoms with E-state index in [0.717, 1.165) is 0 Å². The predicted octanol–water partition coefficient (Wildman–Crippen LogP) is 2.06. The molecule has 5 heteroatoms. The highest BCUT2D eigenvalue weighted by Gasteiger charge is 1.96. The third kappa shape index (κ3) is 3.68. The summed E-state index contributed by atoms with van der Waals surface area (Å²) in [6.07, 6.45) is 0. The van der Waals surface area contributed by atoms with Crippen LogP contribution in [0.3, 0.4) is 0 Å². The van der Waals surface area contributed by atoms with Gasteiger partial charge in [0.1, 0.15) is 5.82 Å². The summed E-state index contributed by atoms with van der Waals surface area (Å²) < 4.78 is 12.5. The van der Waals surface area contributed by atoms with Crippen LogP contribution in [0.4, 0.5) is 10.1 Å². The summed E-state index contributed by atoms with van der Waals surface area (Å²) in [4.78, 5) is 4.86. The Kier molecular flexibility index (Phi) is 4.28. The third-order valence-corrected chi connectivity index (χ3v) is 1.60. The van der Waals surface area contributed by atoms with Crippen molar-refractivity contribution in [3.05, 3.63) is 30.1 Å². The van der Waals surface area contributed by atoms with Crippen molar-refractivity contribution < 1.29 is 9.23 Å². The van der Waals surface area contributed by atoms with Crippen LogP contribution in [0.5, 0.6) is 0 Å². The Morgan fingerprint density at radius 3 is 2.64 bits per heavy atom. The molecule has 0 heterocycles. The van der Waals surface area contributed by atoms with Crippen molar-refractivity contribution in [3.63, 3.8) is 0 Å². The highest BCUT2D eigenvalue weighted by molar-refractivity contribution is 7.80. The van der Waals surface area contributed by atoms with Gasteiger partial charge in [-0.1, -0.05) is 0 Å². The summed E-state index contributed by atoms with van der Waals surface area (Å²) in [6.45, 7) is 2.36. The second kappa shape index (κ2) is 5.51. The van der Waals surface area contributed by atoms with Crippen LogP contribution in [0.15, 0.2) is 24.3 Å². The van der Waals surface area contributed by atoms with E-state index in [4.69, 9.17) is 17.1 Å². The molecule has 0 aliphatic rings. The molecule has 0 atom stereocenters. The first kappa shape index (κ1) is 10.9. The van der Waals surface area contributed by atoms with Crippen LogP contribution in [-0.4, -0.2) is 11.7 Å². The van der Waals surface area contributed by atoms with Crippen LogP contribution in [0, 0.1) is 5.82 Å². The van der Waals surface area contributed by atoms with E-state index in [2.05, 4.69) is 10.8 Å². The normalized spacial score (nSPS) is 9.57. The van der Waals surface area contributed by atoms with E-state index in [1.165, 1.54) is 12.1 Å². The second-order valence-electron chi connectivity index (χ2n) is 2.50. The van der Waals surface area contributed by atoms with Crippen molar-refractivity contribution in [1.29, 1.82) is 0 Å². The Balaban J connectivity index is 2.44. The molecule has 0 bridgehead atoms. The van der Waals surface area contributed by atoms with Crippen molar-refractivity contribution in [2.75, 3.05) is 11.9 Å². The molecule has 1 aromatic carbocycles. The molecule has 0 unspecified atom stereocenters. The van der Waals surface area contributed by atoms with Crippen LogP contribution in [0.1, 0.15) is 6.92 Å². The van der Waals surface area contributed by atoms with Gasteiger partial charge in [0.2, 0.25) is 0 Å². The van der Waals surface area contributed by atoms with Crippen molar-refractivity contribution in [3.8, 4) is 0 Å². The second-order valence-corrected chi connectivity index (χ2v) is 2.90. The SMILES string of the molecule is CCONC(=S)Nc1ccc(F)cc1. The van der Waals surface area contributed by atoms with Gasteiger partial charge in [0.25, 0.3) is 0 Å². The molecule has 0 saturated carbocycles.